The molecule has 0 atom stereocenters. The summed E-state index contributed by atoms with van der Waals surface area (Å²) in [5.74, 6) is -4.28. The third-order valence-corrected chi connectivity index (χ3v) is 26.7. The van der Waals surface area contributed by atoms with E-state index in [2.05, 4.69) is 114 Å². The van der Waals surface area contributed by atoms with E-state index in [1.165, 1.54) is 462 Å². The van der Waals surface area contributed by atoms with Crippen LogP contribution in [0.15, 0.2) is 72.9 Å². The van der Waals surface area contributed by atoms with E-state index in [0.29, 0.717) is 0 Å². The number of hydrogen-bond donors (Lipinski definition) is 0. The summed E-state index contributed by atoms with van der Waals surface area (Å²) in [6.07, 6.45) is 140. The Morgan fingerprint density at radius 2 is 0.246 bits per heavy atom. The number of carboxylic acids is 3. The molecule has 0 aromatic heterocycles. The third kappa shape index (κ3) is 115. The second-order valence-corrected chi connectivity index (χ2v) is 39.5. The van der Waals surface area contributed by atoms with E-state index in [-0.39, 0.29) is 52.5 Å². The fraction of sp³-hybridized carbons (Fsp3) is 0.850. The van der Waals surface area contributed by atoms with E-state index in [1.54, 1.807) is 0 Å². The van der Waals surface area contributed by atoms with Crippen molar-refractivity contribution < 1.29 is 44.1 Å². The minimum atomic E-state index is -1.22. The Bertz CT molecular complexity index is 2100. The molecule has 130 heavy (non-hydrogen) atoms. The Hall–Kier alpha value is -3.61. The molecule has 0 aromatic rings. The first kappa shape index (κ1) is 133. The zero-order valence-electron chi connectivity index (χ0n) is 87.7. The van der Waals surface area contributed by atoms with Crippen LogP contribution in [0.1, 0.15) is 639 Å². The summed E-state index contributed by atoms with van der Waals surface area (Å²) in [6, 6.07) is 0. The topological polar surface area (TPSA) is 172 Å². The summed E-state index contributed by atoms with van der Waals surface area (Å²) < 4.78 is 0. The van der Waals surface area contributed by atoms with Gasteiger partial charge < -0.3 is 29.7 Å². The molecule has 0 aliphatic heterocycles. The van der Waals surface area contributed by atoms with Crippen molar-refractivity contribution in [1.82, 2.24) is 0 Å². The van der Waals surface area contributed by atoms with Gasteiger partial charge in [0.25, 0.3) is 0 Å². The summed E-state index contributed by atoms with van der Waals surface area (Å²) in [6.45, 7) is 13.6. The minimum Gasteiger partial charge on any atom is -0.550 e. The van der Waals surface area contributed by atoms with Crippen molar-refractivity contribution in [3.05, 3.63) is 72.9 Å². The average Bonchev–Trinajstić information content (AvgIpc) is 0.941. The van der Waals surface area contributed by atoms with Gasteiger partial charge in [-0.05, 0) is 193 Å². The SMILES string of the molecule is CCCCCCCCC=CCCCCCCCCC(CCCCCCCCC=CCCCCCCCC)C(=O)CC(=O)[O-].CCCCCCCCC=CCCCCCCCCC(CCCCCCCCC=CCCCCCCCC)C(=O)CC(=O)[O-].CCCCCCCCC=CCCCCCCCCC(CCCCCCCCC=CCCCCCCCC)C(=O)CC(=O)[O-].[Al+3]. The summed E-state index contributed by atoms with van der Waals surface area (Å²) in [5, 5.41) is 33.1. The normalized spacial score (nSPS) is 12.4. The van der Waals surface area contributed by atoms with Crippen molar-refractivity contribution >= 4 is 52.6 Å². The standard InChI is InChI=1S/3C40H74O3.Al/c3*1-3-5-7-9-11-13-15-17-19-21-23-25-27-29-31-33-35-38(39(41)37-40(42)43)36-34-32-30-28-26-24-22-20-18-16-14-12-10-8-6-4-2;/h3*17-20,38H,3-16,21-37H2,1-2H3,(H,42,43);/q;;;+3/p-3. The van der Waals surface area contributed by atoms with Crippen LogP contribution in [0, 0.1) is 17.8 Å². The predicted molar refractivity (Wildman–Crippen MR) is 565 cm³/mol. The van der Waals surface area contributed by atoms with Gasteiger partial charge in [-0.2, -0.15) is 0 Å². The van der Waals surface area contributed by atoms with E-state index < -0.39 is 37.2 Å². The van der Waals surface area contributed by atoms with Gasteiger partial charge in [0.15, 0.2) is 0 Å². The van der Waals surface area contributed by atoms with Crippen LogP contribution in [0.3, 0.4) is 0 Å². The summed E-state index contributed by atoms with van der Waals surface area (Å²) >= 11 is 0. The Kier molecular flexibility index (Phi) is 120. The first-order valence-electron chi connectivity index (χ1n) is 57.4. The molecule has 0 saturated carbocycles. The van der Waals surface area contributed by atoms with Crippen molar-refractivity contribution in [2.75, 3.05) is 0 Å². The molecule has 0 amide bonds. The van der Waals surface area contributed by atoms with Crippen LogP contribution in [-0.4, -0.2) is 52.6 Å². The molecule has 0 aliphatic carbocycles. The number of carbonyl (C=O) groups excluding carboxylic acids is 6. The molecule has 0 aliphatic rings. The van der Waals surface area contributed by atoms with Crippen LogP contribution in [0.2, 0.25) is 0 Å². The summed E-state index contributed by atoms with van der Waals surface area (Å²) in [4.78, 5) is 70.6. The molecule has 0 saturated heterocycles. The Labute approximate surface area is 820 Å². The number of carbonyl (C=O) groups is 6. The van der Waals surface area contributed by atoms with Gasteiger partial charge in [0.1, 0.15) is 17.3 Å². The Morgan fingerprint density at radius 3 is 0.346 bits per heavy atom. The van der Waals surface area contributed by atoms with Crippen molar-refractivity contribution in [2.24, 2.45) is 17.8 Å². The molecule has 0 aromatic carbocycles. The number of aliphatic carboxylic acids is 3. The Balaban J connectivity index is -0.000000912. The molecule has 0 N–H and O–H groups in total. The average molecular weight is 1830 g/mol. The van der Waals surface area contributed by atoms with E-state index in [4.69, 9.17) is 0 Å². The van der Waals surface area contributed by atoms with Crippen molar-refractivity contribution in [3.63, 3.8) is 0 Å². The number of rotatable bonds is 105. The maximum Gasteiger partial charge on any atom is 3.00 e. The third-order valence-electron chi connectivity index (χ3n) is 26.7. The number of Topliss-reactive ketones (excluding diaryl/α,β-unsaturated/α-hetero) is 3. The molecule has 0 heterocycles. The molecule has 9 nitrogen and oxygen atoms in total. The van der Waals surface area contributed by atoms with E-state index in [9.17, 15) is 44.1 Å². The van der Waals surface area contributed by atoms with Crippen LogP contribution < -0.4 is 15.3 Å². The molecule has 0 radical (unpaired) electrons. The first-order valence-corrected chi connectivity index (χ1v) is 57.4. The molecule has 10 heteroatoms. The van der Waals surface area contributed by atoms with Gasteiger partial charge in [0.2, 0.25) is 0 Å². The zero-order valence-corrected chi connectivity index (χ0v) is 88.8. The maximum atomic E-state index is 12.5. The van der Waals surface area contributed by atoms with Gasteiger partial charge in [-0.25, -0.2) is 0 Å². The van der Waals surface area contributed by atoms with Crippen LogP contribution >= 0.6 is 0 Å². The number of ketones is 3. The number of hydrogen-bond acceptors (Lipinski definition) is 9. The van der Waals surface area contributed by atoms with Gasteiger partial charge >= 0.3 is 17.4 Å². The maximum absolute atomic E-state index is 12.5. The van der Waals surface area contributed by atoms with Crippen molar-refractivity contribution in [2.45, 2.75) is 639 Å². The van der Waals surface area contributed by atoms with Gasteiger partial charge in [0.05, 0.1) is 0 Å². The quantitative estimate of drug-likeness (QED) is 0.0249. The minimum absolute atomic E-state index is 0. The fourth-order valence-corrected chi connectivity index (χ4v) is 18.1. The predicted octanol–water partition coefficient (Wildman–Crippen LogP) is 36.1. The van der Waals surface area contributed by atoms with Gasteiger partial charge in [0, 0.05) is 54.9 Å². The monoisotopic (exact) mass is 1830 g/mol. The second-order valence-electron chi connectivity index (χ2n) is 39.5. The summed E-state index contributed by atoms with van der Waals surface area (Å²) in [5.41, 5.74) is 0. The smallest absolute Gasteiger partial charge is 0.550 e. The molecule has 0 unspecified atom stereocenters. The number of allylic oxidation sites excluding steroid dienone is 12. The van der Waals surface area contributed by atoms with E-state index >= 15 is 0 Å². The zero-order chi connectivity index (χ0) is 94.4. The van der Waals surface area contributed by atoms with Crippen molar-refractivity contribution in [3.8, 4) is 0 Å². The van der Waals surface area contributed by atoms with Gasteiger partial charge in [-0.1, -0.05) is 500 Å². The fourth-order valence-electron chi connectivity index (χ4n) is 18.1. The molecule has 0 fully saturated rings. The van der Waals surface area contributed by atoms with Gasteiger partial charge in [-0.3, -0.25) is 14.4 Å². The number of unbranched alkanes of at least 4 members (excludes halogenated alkanes) is 72. The largest absolute Gasteiger partial charge is 3.00 e. The Morgan fingerprint density at radius 1 is 0.154 bits per heavy atom. The second kappa shape index (κ2) is 118. The first-order chi connectivity index (χ1) is 63.3. The number of carboxylic acid groups (broad SMARTS) is 3. The molecule has 0 spiro atoms. The van der Waals surface area contributed by atoms with Crippen LogP contribution in [0.4, 0.5) is 0 Å². The van der Waals surface area contributed by atoms with Crippen LogP contribution in [-0.2, 0) is 28.8 Å². The molecule has 756 valence electrons. The van der Waals surface area contributed by atoms with E-state index in [0.717, 1.165) is 116 Å². The van der Waals surface area contributed by atoms with Crippen LogP contribution in [0.5, 0.6) is 0 Å². The molecule has 0 rings (SSSR count). The molecular weight excluding hydrogens is 1610 g/mol. The summed E-state index contributed by atoms with van der Waals surface area (Å²) in [7, 11) is 0. The van der Waals surface area contributed by atoms with Crippen molar-refractivity contribution in [1.29, 1.82) is 0 Å². The van der Waals surface area contributed by atoms with Gasteiger partial charge in [-0.15, -0.1) is 0 Å². The molecule has 0 bridgehead atoms. The van der Waals surface area contributed by atoms with E-state index in [1.807, 2.05) is 0 Å². The molecular formula is C120H219AlO9. The van der Waals surface area contributed by atoms with Crippen LogP contribution in [0.25, 0.3) is 0 Å².